The van der Waals surface area contributed by atoms with Crippen LogP contribution in [0.2, 0.25) is 0 Å². The molecule has 0 aliphatic carbocycles. The second-order valence-corrected chi connectivity index (χ2v) is 4.98. The number of nitro benzene ring substituents is 1. The van der Waals surface area contributed by atoms with Gasteiger partial charge in [0, 0.05) is 19.2 Å². The topological polar surface area (TPSA) is 93.5 Å². The van der Waals surface area contributed by atoms with Crippen LogP contribution in [0.4, 0.5) is 5.69 Å². The Morgan fingerprint density at radius 1 is 1.48 bits per heavy atom. The summed E-state index contributed by atoms with van der Waals surface area (Å²) in [6, 6.07) is 5.72. The third-order valence-corrected chi connectivity index (χ3v) is 3.33. The summed E-state index contributed by atoms with van der Waals surface area (Å²) >= 11 is 5.01. The van der Waals surface area contributed by atoms with E-state index in [-0.39, 0.29) is 22.5 Å². The minimum Gasteiger partial charge on any atom is -0.376 e. The minimum atomic E-state index is -0.604. The molecule has 0 bridgehead atoms. The average Bonchev–Trinajstić information content (AvgIpc) is 2.98. The molecule has 1 aromatic rings. The van der Waals surface area contributed by atoms with E-state index in [2.05, 4.69) is 10.6 Å². The molecule has 0 unspecified atom stereocenters. The lowest BCUT2D eigenvalue weighted by Crippen LogP contribution is -2.42. The Balaban J connectivity index is 1.91. The second-order valence-electron chi connectivity index (χ2n) is 4.57. The smallest absolute Gasteiger partial charge is 0.282 e. The van der Waals surface area contributed by atoms with E-state index in [1.807, 2.05) is 0 Å². The Morgan fingerprint density at radius 3 is 2.90 bits per heavy atom. The van der Waals surface area contributed by atoms with Gasteiger partial charge in [0.1, 0.15) is 5.56 Å². The molecule has 8 heteroatoms. The number of rotatable bonds is 4. The van der Waals surface area contributed by atoms with Crippen LogP contribution >= 0.6 is 12.2 Å². The van der Waals surface area contributed by atoms with Crippen molar-refractivity contribution in [1.29, 1.82) is 0 Å². The van der Waals surface area contributed by atoms with Crippen molar-refractivity contribution >= 4 is 28.9 Å². The molecule has 0 spiro atoms. The summed E-state index contributed by atoms with van der Waals surface area (Å²) in [5.74, 6) is -0.604. The van der Waals surface area contributed by atoms with Gasteiger partial charge >= 0.3 is 0 Å². The van der Waals surface area contributed by atoms with Crippen LogP contribution in [0.25, 0.3) is 0 Å². The first-order chi connectivity index (χ1) is 10.1. The molecule has 0 radical (unpaired) electrons. The number of amides is 1. The zero-order valence-electron chi connectivity index (χ0n) is 11.2. The fraction of sp³-hybridized carbons (Fsp3) is 0.385. The van der Waals surface area contributed by atoms with Crippen LogP contribution in [-0.2, 0) is 4.74 Å². The van der Waals surface area contributed by atoms with Crippen molar-refractivity contribution in [2.75, 3.05) is 13.2 Å². The molecule has 1 atom stereocenters. The van der Waals surface area contributed by atoms with Crippen LogP contribution in [0, 0.1) is 10.1 Å². The Labute approximate surface area is 126 Å². The summed E-state index contributed by atoms with van der Waals surface area (Å²) < 4.78 is 5.42. The van der Waals surface area contributed by atoms with E-state index < -0.39 is 10.8 Å². The zero-order valence-corrected chi connectivity index (χ0v) is 12.0. The number of thiocarbonyl (C=S) groups is 1. The van der Waals surface area contributed by atoms with Gasteiger partial charge < -0.3 is 10.1 Å². The summed E-state index contributed by atoms with van der Waals surface area (Å²) in [7, 11) is 0. The van der Waals surface area contributed by atoms with Gasteiger partial charge in [0.15, 0.2) is 5.11 Å². The summed E-state index contributed by atoms with van der Waals surface area (Å²) in [5.41, 5.74) is -0.277. The Hall–Kier alpha value is -2.06. The van der Waals surface area contributed by atoms with Crippen LogP contribution in [0.15, 0.2) is 24.3 Å². The van der Waals surface area contributed by atoms with E-state index in [0.29, 0.717) is 6.54 Å². The highest BCUT2D eigenvalue weighted by Gasteiger charge is 2.20. The standard InChI is InChI=1S/C13H15N3O4S/c17-12(10-5-1-2-6-11(10)16(18)19)15-13(21)14-8-9-4-3-7-20-9/h1-2,5-6,9H,3-4,7-8H2,(H2,14,15,17,21)/t9-/m1/s1. The van der Waals surface area contributed by atoms with Crippen LogP contribution in [-0.4, -0.2) is 35.2 Å². The maximum atomic E-state index is 12.0. The lowest BCUT2D eigenvalue weighted by molar-refractivity contribution is -0.385. The minimum absolute atomic E-state index is 0.0243. The lowest BCUT2D eigenvalue weighted by atomic mass is 10.1. The second kappa shape index (κ2) is 7.09. The van der Waals surface area contributed by atoms with Gasteiger partial charge in [-0.25, -0.2) is 0 Å². The van der Waals surface area contributed by atoms with E-state index in [0.717, 1.165) is 19.4 Å². The molecule has 112 valence electrons. The van der Waals surface area contributed by atoms with Crippen LogP contribution in [0.5, 0.6) is 0 Å². The van der Waals surface area contributed by atoms with Crippen molar-refractivity contribution in [1.82, 2.24) is 10.6 Å². The number of nitrogens with zero attached hydrogens (tertiary/aromatic N) is 1. The van der Waals surface area contributed by atoms with Gasteiger partial charge in [-0.05, 0) is 31.1 Å². The number of ether oxygens (including phenoxy) is 1. The fourth-order valence-corrected chi connectivity index (χ4v) is 2.23. The van der Waals surface area contributed by atoms with Gasteiger partial charge in [-0.2, -0.15) is 0 Å². The predicted octanol–water partition coefficient (Wildman–Crippen LogP) is 1.38. The third kappa shape index (κ3) is 4.20. The van der Waals surface area contributed by atoms with E-state index >= 15 is 0 Å². The van der Waals surface area contributed by atoms with E-state index in [4.69, 9.17) is 17.0 Å². The van der Waals surface area contributed by atoms with E-state index in [1.165, 1.54) is 18.2 Å². The van der Waals surface area contributed by atoms with Gasteiger partial charge in [-0.15, -0.1) is 0 Å². The summed E-state index contributed by atoms with van der Waals surface area (Å²) in [6.45, 7) is 1.25. The number of nitro groups is 1. The predicted molar refractivity (Wildman–Crippen MR) is 80.1 cm³/mol. The Kier molecular flexibility index (Phi) is 5.18. The summed E-state index contributed by atoms with van der Waals surface area (Å²) in [4.78, 5) is 22.3. The molecule has 1 amide bonds. The molecule has 0 aromatic heterocycles. The number of hydrogen-bond acceptors (Lipinski definition) is 5. The highest BCUT2D eigenvalue weighted by Crippen LogP contribution is 2.17. The van der Waals surface area contributed by atoms with Crippen molar-refractivity contribution in [3.63, 3.8) is 0 Å². The first-order valence-electron chi connectivity index (χ1n) is 6.52. The normalized spacial score (nSPS) is 17.2. The van der Waals surface area contributed by atoms with Crippen molar-refractivity contribution in [3.05, 3.63) is 39.9 Å². The number of benzene rings is 1. The first kappa shape index (κ1) is 15.3. The van der Waals surface area contributed by atoms with Crippen LogP contribution < -0.4 is 10.6 Å². The molecule has 7 nitrogen and oxygen atoms in total. The van der Waals surface area contributed by atoms with Gasteiger partial charge in [0.2, 0.25) is 0 Å². The molecule has 1 aromatic carbocycles. The van der Waals surface area contributed by atoms with Gasteiger partial charge in [0.25, 0.3) is 11.6 Å². The molecule has 1 saturated heterocycles. The maximum Gasteiger partial charge on any atom is 0.282 e. The van der Waals surface area contributed by atoms with E-state index in [1.54, 1.807) is 6.07 Å². The van der Waals surface area contributed by atoms with Gasteiger partial charge in [-0.3, -0.25) is 20.2 Å². The molecule has 1 heterocycles. The summed E-state index contributed by atoms with van der Waals surface area (Å²) in [6.07, 6.45) is 2.06. The lowest BCUT2D eigenvalue weighted by Gasteiger charge is -2.13. The van der Waals surface area contributed by atoms with Crippen LogP contribution in [0.1, 0.15) is 23.2 Å². The fourth-order valence-electron chi connectivity index (χ4n) is 2.05. The highest BCUT2D eigenvalue weighted by molar-refractivity contribution is 7.80. The van der Waals surface area contributed by atoms with Crippen molar-refractivity contribution in [2.24, 2.45) is 0 Å². The SMILES string of the molecule is O=C(NC(=S)NC[C@H]1CCCO1)c1ccccc1[N+](=O)[O-]. The molecule has 1 aliphatic rings. The van der Waals surface area contributed by atoms with Crippen molar-refractivity contribution < 1.29 is 14.5 Å². The first-order valence-corrected chi connectivity index (χ1v) is 6.93. The Bertz CT molecular complexity index is 558. The molecule has 0 saturated carbocycles. The molecule has 21 heavy (non-hydrogen) atoms. The number of carbonyl (C=O) groups is 1. The summed E-state index contributed by atoms with van der Waals surface area (Å²) in [5, 5.41) is 16.3. The highest BCUT2D eigenvalue weighted by atomic mass is 32.1. The van der Waals surface area contributed by atoms with Crippen LogP contribution in [0.3, 0.4) is 0 Å². The van der Waals surface area contributed by atoms with E-state index in [9.17, 15) is 14.9 Å². The number of nitrogens with one attached hydrogen (secondary N) is 2. The maximum absolute atomic E-state index is 12.0. The molecular weight excluding hydrogens is 294 g/mol. The number of para-hydroxylation sites is 1. The van der Waals surface area contributed by atoms with Crippen molar-refractivity contribution in [3.8, 4) is 0 Å². The number of hydrogen-bond donors (Lipinski definition) is 2. The monoisotopic (exact) mass is 309 g/mol. The molecular formula is C13H15N3O4S. The Morgan fingerprint density at radius 2 is 2.24 bits per heavy atom. The number of carbonyl (C=O) groups excluding carboxylic acids is 1. The quantitative estimate of drug-likeness (QED) is 0.496. The van der Waals surface area contributed by atoms with Gasteiger partial charge in [0.05, 0.1) is 11.0 Å². The molecule has 2 N–H and O–H groups in total. The molecule has 2 rings (SSSR count). The molecule has 1 fully saturated rings. The zero-order chi connectivity index (χ0) is 15.2. The van der Waals surface area contributed by atoms with Gasteiger partial charge in [-0.1, -0.05) is 12.1 Å². The third-order valence-electron chi connectivity index (χ3n) is 3.09. The average molecular weight is 309 g/mol. The largest absolute Gasteiger partial charge is 0.376 e. The van der Waals surface area contributed by atoms with Crippen molar-refractivity contribution in [2.45, 2.75) is 18.9 Å². The molecule has 1 aliphatic heterocycles.